The Labute approximate surface area is 122 Å². The molecular weight excluding hydrogens is 287 g/mol. The van der Waals surface area contributed by atoms with Crippen LogP contribution in [0.2, 0.25) is 10.0 Å². The molecule has 1 amide bonds. The number of carbonyl (C=O) groups is 1. The molecule has 0 spiro atoms. The maximum atomic E-state index is 10.9. The number of benzene rings is 1. The molecular formula is C13H16Cl2N2O2. The van der Waals surface area contributed by atoms with E-state index < -0.39 is 0 Å². The van der Waals surface area contributed by atoms with Gasteiger partial charge < -0.3 is 15.4 Å². The molecule has 0 radical (unpaired) electrons. The Balaban J connectivity index is 2.21. The van der Waals surface area contributed by atoms with Gasteiger partial charge in [-0.2, -0.15) is 0 Å². The standard InChI is InChI=1S/C13H16Cl2N2O2/c1-7(18)16-4-3-8-6-17-10-5-9(14)13(19-2)12(15)11(8)10/h5,8,17H,3-4,6H2,1-2H3,(H,16,18). The predicted molar refractivity (Wildman–Crippen MR) is 77.5 cm³/mol. The van der Waals surface area contributed by atoms with Crippen molar-refractivity contribution in [2.45, 2.75) is 19.3 Å². The van der Waals surface area contributed by atoms with Crippen LogP contribution in [0.25, 0.3) is 0 Å². The fourth-order valence-electron chi connectivity index (χ4n) is 2.35. The van der Waals surface area contributed by atoms with Gasteiger partial charge in [0, 0.05) is 37.2 Å². The fraction of sp³-hybridized carbons (Fsp3) is 0.462. The Morgan fingerprint density at radius 1 is 1.58 bits per heavy atom. The van der Waals surface area contributed by atoms with Gasteiger partial charge in [-0.25, -0.2) is 0 Å². The molecule has 0 bridgehead atoms. The normalized spacial score (nSPS) is 16.7. The zero-order chi connectivity index (χ0) is 14.0. The monoisotopic (exact) mass is 302 g/mol. The van der Waals surface area contributed by atoms with Gasteiger partial charge in [-0.05, 0) is 12.5 Å². The number of hydrogen-bond acceptors (Lipinski definition) is 3. The van der Waals surface area contributed by atoms with Crippen LogP contribution in [0.1, 0.15) is 24.8 Å². The molecule has 1 aliphatic rings. The van der Waals surface area contributed by atoms with Crippen molar-refractivity contribution in [1.82, 2.24) is 5.32 Å². The van der Waals surface area contributed by atoms with Crippen LogP contribution in [0.4, 0.5) is 5.69 Å². The molecule has 0 fully saturated rings. The zero-order valence-corrected chi connectivity index (χ0v) is 12.4. The van der Waals surface area contributed by atoms with E-state index in [2.05, 4.69) is 10.6 Å². The summed E-state index contributed by atoms with van der Waals surface area (Å²) in [6.07, 6.45) is 0.823. The number of ether oxygens (including phenoxy) is 1. The van der Waals surface area contributed by atoms with Gasteiger partial charge in [-0.3, -0.25) is 4.79 Å². The number of rotatable bonds is 4. The van der Waals surface area contributed by atoms with Crippen molar-refractivity contribution in [3.8, 4) is 5.75 Å². The van der Waals surface area contributed by atoms with Gasteiger partial charge in [0.2, 0.25) is 5.91 Å². The van der Waals surface area contributed by atoms with Crippen LogP contribution < -0.4 is 15.4 Å². The van der Waals surface area contributed by atoms with E-state index in [1.54, 1.807) is 7.11 Å². The Hall–Kier alpha value is -1.13. The summed E-state index contributed by atoms with van der Waals surface area (Å²) < 4.78 is 5.23. The topological polar surface area (TPSA) is 50.4 Å². The molecule has 19 heavy (non-hydrogen) atoms. The summed E-state index contributed by atoms with van der Waals surface area (Å²) in [5.74, 6) is 0.738. The van der Waals surface area contributed by atoms with Crippen LogP contribution in [0, 0.1) is 0 Å². The maximum absolute atomic E-state index is 10.9. The fourth-order valence-corrected chi connectivity index (χ4v) is 3.12. The Morgan fingerprint density at radius 3 is 2.95 bits per heavy atom. The van der Waals surface area contributed by atoms with Gasteiger partial charge in [-0.15, -0.1) is 0 Å². The number of methoxy groups -OCH3 is 1. The molecule has 1 aliphatic heterocycles. The Kier molecular flexibility index (Phi) is 4.42. The molecule has 0 saturated carbocycles. The number of hydrogen-bond donors (Lipinski definition) is 2. The smallest absolute Gasteiger partial charge is 0.216 e. The van der Waals surface area contributed by atoms with Crippen LogP contribution in [-0.2, 0) is 4.79 Å². The summed E-state index contributed by atoms with van der Waals surface area (Å²) in [6, 6.07) is 1.83. The molecule has 104 valence electrons. The SMILES string of the molecule is COc1c(Cl)cc2c(c1Cl)C(CCNC(C)=O)CN2. The van der Waals surface area contributed by atoms with Crippen LogP contribution >= 0.6 is 23.2 Å². The van der Waals surface area contributed by atoms with E-state index >= 15 is 0 Å². The molecule has 0 aliphatic carbocycles. The highest BCUT2D eigenvalue weighted by molar-refractivity contribution is 6.38. The molecule has 6 heteroatoms. The summed E-state index contributed by atoms with van der Waals surface area (Å²) in [7, 11) is 1.55. The first-order chi connectivity index (χ1) is 9.04. The second kappa shape index (κ2) is 5.88. The molecule has 4 nitrogen and oxygen atoms in total. The lowest BCUT2D eigenvalue weighted by Crippen LogP contribution is -2.23. The van der Waals surface area contributed by atoms with E-state index in [0.717, 1.165) is 24.2 Å². The quantitative estimate of drug-likeness (QED) is 0.899. The lowest BCUT2D eigenvalue weighted by Gasteiger charge is -2.14. The van der Waals surface area contributed by atoms with E-state index in [4.69, 9.17) is 27.9 Å². The van der Waals surface area contributed by atoms with Gasteiger partial charge in [-0.1, -0.05) is 23.2 Å². The summed E-state index contributed by atoms with van der Waals surface area (Å²) in [5, 5.41) is 7.14. The van der Waals surface area contributed by atoms with Crippen LogP contribution in [0.15, 0.2) is 6.07 Å². The summed E-state index contributed by atoms with van der Waals surface area (Å²) >= 11 is 12.5. The van der Waals surface area contributed by atoms with Gasteiger partial charge in [0.1, 0.15) is 0 Å². The summed E-state index contributed by atoms with van der Waals surface area (Å²) in [6.45, 7) is 2.93. The predicted octanol–water partition coefficient (Wildman–Crippen LogP) is 3.04. The number of halogens is 2. The van der Waals surface area contributed by atoms with Gasteiger partial charge >= 0.3 is 0 Å². The average molecular weight is 303 g/mol. The van der Waals surface area contributed by atoms with Crippen LogP contribution in [0.3, 0.4) is 0 Å². The maximum Gasteiger partial charge on any atom is 0.216 e. The molecule has 1 aromatic rings. The molecule has 1 unspecified atom stereocenters. The highest BCUT2D eigenvalue weighted by atomic mass is 35.5. The third-order valence-corrected chi connectivity index (χ3v) is 3.89. The van der Waals surface area contributed by atoms with E-state index in [1.807, 2.05) is 6.07 Å². The summed E-state index contributed by atoms with van der Waals surface area (Å²) in [5.41, 5.74) is 1.97. The lowest BCUT2D eigenvalue weighted by atomic mass is 9.97. The van der Waals surface area contributed by atoms with Gasteiger partial charge in [0.25, 0.3) is 0 Å². The summed E-state index contributed by atoms with van der Waals surface area (Å²) in [4.78, 5) is 10.9. The molecule has 1 aromatic carbocycles. The van der Waals surface area contributed by atoms with Crippen molar-refractivity contribution in [3.05, 3.63) is 21.7 Å². The largest absolute Gasteiger partial charge is 0.494 e. The molecule has 1 atom stereocenters. The Morgan fingerprint density at radius 2 is 2.32 bits per heavy atom. The van der Waals surface area contributed by atoms with E-state index in [1.165, 1.54) is 6.92 Å². The van der Waals surface area contributed by atoms with E-state index in [9.17, 15) is 4.79 Å². The number of fused-ring (bicyclic) bond motifs is 1. The molecule has 2 N–H and O–H groups in total. The first kappa shape index (κ1) is 14.3. The van der Waals surface area contributed by atoms with E-state index in [-0.39, 0.29) is 11.8 Å². The number of nitrogens with one attached hydrogen (secondary N) is 2. The van der Waals surface area contributed by atoms with E-state index in [0.29, 0.717) is 22.3 Å². The van der Waals surface area contributed by atoms with Crippen molar-refractivity contribution in [3.63, 3.8) is 0 Å². The first-order valence-corrected chi connectivity index (χ1v) is 6.84. The minimum Gasteiger partial charge on any atom is -0.494 e. The van der Waals surface area contributed by atoms with Crippen molar-refractivity contribution in [1.29, 1.82) is 0 Å². The lowest BCUT2D eigenvalue weighted by molar-refractivity contribution is -0.118. The van der Waals surface area contributed by atoms with Crippen LogP contribution in [0.5, 0.6) is 5.75 Å². The van der Waals surface area contributed by atoms with Gasteiger partial charge in [0.05, 0.1) is 17.2 Å². The second-order valence-corrected chi connectivity index (χ2v) is 5.30. The zero-order valence-electron chi connectivity index (χ0n) is 10.8. The van der Waals surface area contributed by atoms with Crippen molar-refractivity contribution in [2.24, 2.45) is 0 Å². The first-order valence-electron chi connectivity index (χ1n) is 6.08. The average Bonchev–Trinajstić information content (AvgIpc) is 2.72. The third kappa shape index (κ3) is 2.90. The minimum absolute atomic E-state index is 0.0223. The minimum atomic E-state index is -0.0223. The second-order valence-electron chi connectivity index (χ2n) is 4.52. The number of carbonyl (C=O) groups excluding carboxylic acids is 1. The Bertz CT molecular complexity index is 506. The van der Waals surface area contributed by atoms with Crippen molar-refractivity contribution < 1.29 is 9.53 Å². The van der Waals surface area contributed by atoms with Crippen molar-refractivity contribution in [2.75, 3.05) is 25.5 Å². The number of anilines is 1. The number of amides is 1. The van der Waals surface area contributed by atoms with Crippen molar-refractivity contribution >= 4 is 34.8 Å². The van der Waals surface area contributed by atoms with Gasteiger partial charge in [0.15, 0.2) is 5.75 Å². The molecule has 2 rings (SSSR count). The highest BCUT2D eigenvalue weighted by Crippen LogP contribution is 2.46. The highest BCUT2D eigenvalue weighted by Gasteiger charge is 2.28. The molecule has 1 heterocycles. The third-order valence-electron chi connectivity index (χ3n) is 3.23. The van der Waals surface area contributed by atoms with Crippen LogP contribution in [-0.4, -0.2) is 26.1 Å². The molecule has 0 aromatic heterocycles. The molecule has 0 saturated heterocycles.